The summed E-state index contributed by atoms with van der Waals surface area (Å²) in [4.78, 5) is 23.8. The van der Waals surface area contributed by atoms with E-state index >= 15 is 0 Å². The minimum atomic E-state index is -1.24. The lowest BCUT2D eigenvalue weighted by molar-refractivity contribution is -0.222. The quantitative estimate of drug-likeness (QED) is 0.524. The van der Waals surface area contributed by atoms with Gasteiger partial charge in [0.05, 0.1) is 0 Å². The number of ether oxygens (including phenoxy) is 2. The number of esters is 2. The Labute approximate surface area is 146 Å². The third-order valence-corrected chi connectivity index (χ3v) is 3.74. The van der Waals surface area contributed by atoms with Crippen LogP contribution in [0.5, 0.6) is 0 Å². The van der Waals surface area contributed by atoms with Gasteiger partial charge in [0.25, 0.3) is 5.79 Å². The van der Waals surface area contributed by atoms with Crippen molar-refractivity contribution < 1.29 is 19.1 Å². The highest BCUT2D eigenvalue weighted by Crippen LogP contribution is 2.24. The molecule has 0 aromatic heterocycles. The number of cyclic esters (lactones) is 2. The van der Waals surface area contributed by atoms with Gasteiger partial charge in [-0.1, -0.05) is 42.0 Å². The molecule has 1 saturated heterocycles. The van der Waals surface area contributed by atoms with E-state index in [4.69, 9.17) is 9.47 Å². The summed E-state index contributed by atoms with van der Waals surface area (Å²) < 4.78 is 10.1. The van der Waals surface area contributed by atoms with E-state index in [2.05, 4.69) is 24.4 Å². The van der Waals surface area contributed by atoms with Crippen LogP contribution in [0.2, 0.25) is 0 Å². The average molecular weight is 337 g/mol. The fourth-order valence-corrected chi connectivity index (χ4v) is 2.52. The Hall–Kier alpha value is -3.08. The highest BCUT2D eigenvalue weighted by Gasteiger charge is 2.38. The largest absolute Gasteiger partial charge is 0.419 e. The lowest BCUT2D eigenvalue weighted by atomic mass is 10.0. The number of aryl methyl sites for hydroxylation is 1. The number of rotatable bonds is 3. The molecule has 25 heavy (non-hydrogen) atoms. The Morgan fingerprint density at radius 1 is 0.920 bits per heavy atom. The SMILES string of the molecule is Cc1cccc(-c2ccc(NC=C3C(=O)OC(C)(C)OC3=O)cc2)c1. The first-order valence-corrected chi connectivity index (χ1v) is 7.94. The van der Waals surface area contributed by atoms with Gasteiger partial charge in [0.1, 0.15) is 0 Å². The van der Waals surface area contributed by atoms with Gasteiger partial charge in [-0.2, -0.15) is 0 Å². The maximum absolute atomic E-state index is 11.9. The van der Waals surface area contributed by atoms with E-state index in [1.54, 1.807) is 0 Å². The van der Waals surface area contributed by atoms with Gasteiger partial charge in [-0.3, -0.25) is 0 Å². The molecule has 3 rings (SSSR count). The second-order valence-corrected chi connectivity index (χ2v) is 6.33. The lowest BCUT2D eigenvalue weighted by Crippen LogP contribution is -2.42. The van der Waals surface area contributed by atoms with E-state index in [0.717, 1.165) is 16.8 Å². The molecular weight excluding hydrogens is 318 g/mol. The lowest BCUT2D eigenvalue weighted by Gasteiger charge is -2.29. The first-order valence-electron chi connectivity index (χ1n) is 7.94. The Balaban J connectivity index is 1.74. The fourth-order valence-electron chi connectivity index (χ4n) is 2.52. The predicted octanol–water partition coefficient (Wildman–Crippen LogP) is 3.79. The molecular formula is C20H19NO4. The Morgan fingerprint density at radius 3 is 2.16 bits per heavy atom. The molecule has 0 atom stereocenters. The minimum absolute atomic E-state index is 0.165. The summed E-state index contributed by atoms with van der Waals surface area (Å²) in [6.45, 7) is 5.07. The average Bonchev–Trinajstić information content (AvgIpc) is 2.53. The Kier molecular flexibility index (Phi) is 4.31. The number of carbonyl (C=O) groups excluding carboxylic acids is 2. The topological polar surface area (TPSA) is 64.6 Å². The van der Waals surface area contributed by atoms with Crippen molar-refractivity contribution in [2.75, 3.05) is 5.32 Å². The van der Waals surface area contributed by atoms with Gasteiger partial charge in [0.15, 0.2) is 5.57 Å². The van der Waals surface area contributed by atoms with Crippen LogP contribution in [0.3, 0.4) is 0 Å². The molecule has 0 unspecified atom stereocenters. The standard InChI is InChI=1S/C20H19NO4/c1-13-5-4-6-15(11-13)14-7-9-16(10-8-14)21-12-17-18(22)24-20(2,3)25-19(17)23/h4-12,21H,1-3H3. The monoisotopic (exact) mass is 337 g/mol. The normalized spacial score (nSPS) is 16.0. The summed E-state index contributed by atoms with van der Waals surface area (Å²) in [5, 5.41) is 2.93. The molecule has 5 heteroatoms. The zero-order valence-electron chi connectivity index (χ0n) is 14.3. The summed E-state index contributed by atoms with van der Waals surface area (Å²) in [5.74, 6) is -2.64. The zero-order chi connectivity index (χ0) is 18.0. The van der Waals surface area contributed by atoms with Crippen molar-refractivity contribution in [3.05, 3.63) is 65.9 Å². The molecule has 0 amide bonds. The van der Waals surface area contributed by atoms with E-state index in [1.807, 2.05) is 36.4 Å². The molecule has 0 aliphatic carbocycles. The summed E-state index contributed by atoms with van der Waals surface area (Å²) in [6.07, 6.45) is 1.31. The molecule has 1 fully saturated rings. The van der Waals surface area contributed by atoms with Crippen molar-refractivity contribution in [3.63, 3.8) is 0 Å². The number of anilines is 1. The number of nitrogens with one attached hydrogen (secondary N) is 1. The van der Waals surface area contributed by atoms with Crippen molar-refractivity contribution in [2.45, 2.75) is 26.6 Å². The smallest absolute Gasteiger partial charge is 0.350 e. The van der Waals surface area contributed by atoms with Crippen LogP contribution in [-0.4, -0.2) is 17.7 Å². The second-order valence-electron chi connectivity index (χ2n) is 6.33. The molecule has 1 aliphatic rings. The summed E-state index contributed by atoms with van der Waals surface area (Å²) >= 11 is 0. The number of hydrogen-bond acceptors (Lipinski definition) is 5. The van der Waals surface area contributed by atoms with Gasteiger partial charge < -0.3 is 14.8 Å². The van der Waals surface area contributed by atoms with Gasteiger partial charge in [-0.05, 0) is 30.2 Å². The van der Waals surface area contributed by atoms with Crippen LogP contribution >= 0.6 is 0 Å². The summed E-state index contributed by atoms with van der Waals surface area (Å²) in [5.41, 5.74) is 3.99. The van der Waals surface area contributed by atoms with Crippen LogP contribution in [0, 0.1) is 6.92 Å². The zero-order valence-corrected chi connectivity index (χ0v) is 14.3. The second kappa shape index (κ2) is 6.43. The maximum atomic E-state index is 11.9. The molecule has 1 N–H and O–H groups in total. The van der Waals surface area contributed by atoms with E-state index in [9.17, 15) is 9.59 Å². The number of benzene rings is 2. The van der Waals surface area contributed by atoms with Crippen LogP contribution in [0.4, 0.5) is 5.69 Å². The molecule has 128 valence electrons. The number of carbonyl (C=O) groups is 2. The van der Waals surface area contributed by atoms with Crippen LogP contribution in [0.1, 0.15) is 19.4 Å². The fraction of sp³-hybridized carbons (Fsp3) is 0.200. The molecule has 2 aromatic carbocycles. The highest BCUT2D eigenvalue weighted by atomic mass is 16.7. The molecule has 0 radical (unpaired) electrons. The third kappa shape index (κ3) is 3.88. The Bertz CT molecular complexity index is 828. The van der Waals surface area contributed by atoms with E-state index in [-0.39, 0.29) is 5.57 Å². The Morgan fingerprint density at radius 2 is 1.56 bits per heavy atom. The molecule has 0 bridgehead atoms. The van der Waals surface area contributed by atoms with Crippen LogP contribution in [-0.2, 0) is 19.1 Å². The van der Waals surface area contributed by atoms with Crippen LogP contribution in [0.25, 0.3) is 11.1 Å². The van der Waals surface area contributed by atoms with Crippen molar-refractivity contribution >= 4 is 17.6 Å². The van der Waals surface area contributed by atoms with E-state index < -0.39 is 17.7 Å². The van der Waals surface area contributed by atoms with Crippen molar-refractivity contribution in [2.24, 2.45) is 0 Å². The van der Waals surface area contributed by atoms with E-state index in [0.29, 0.717) is 0 Å². The number of hydrogen-bond donors (Lipinski definition) is 1. The predicted molar refractivity (Wildman–Crippen MR) is 94.6 cm³/mol. The first kappa shape index (κ1) is 16.8. The summed E-state index contributed by atoms with van der Waals surface area (Å²) in [7, 11) is 0. The van der Waals surface area contributed by atoms with Gasteiger partial charge in [0, 0.05) is 25.7 Å². The molecule has 1 aliphatic heterocycles. The van der Waals surface area contributed by atoms with Gasteiger partial charge >= 0.3 is 11.9 Å². The molecule has 2 aromatic rings. The summed E-state index contributed by atoms with van der Waals surface area (Å²) in [6, 6.07) is 15.9. The van der Waals surface area contributed by atoms with Crippen molar-refractivity contribution in [1.82, 2.24) is 0 Å². The van der Waals surface area contributed by atoms with Crippen molar-refractivity contribution in [3.8, 4) is 11.1 Å². The van der Waals surface area contributed by atoms with Gasteiger partial charge in [-0.25, -0.2) is 9.59 Å². The molecule has 1 heterocycles. The van der Waals surface area contributed by atoms with Crippen LogP contribution in [0.15, 0.2) is 60.3 Å². The van der Waals surface area contributed by atoms with E-state index in [1.165, 1.54) is 25.6 Å². The minimum Gasteiger partial charge on any atom is -0.419 e. The maximum Gasteiger partial charge on any atom is 0.350 e. The van der Waals surface area contributed by atoms with Crippen molar-refractivity contribution in [1.29, 1.82) is 0 Å². The highest BCUT2D eigenvalue weighted by molar-refractivity contribution is 6.15. The van der Waals surface area contributed by atoms with Crippen LogP contribution < -0.4 is 5.32 Å². The first-order chi connectivity index (χ1) is 11.8. The van der Waals surface area contributed by atoms with Gasteiger partial charge in [0.2, 0.25) is 0 Å². The molecule has 0 saturated carbocycles. The van der Waals surface area contributed by atoms with Gasteiger partial charge in [-0.15, -0.1) is 0 Å². The molecule has 5 nitrogen and oxygen atoms in total. The molecule has 0 spiro atoms. The third-order valence-electron chi connectivity index (χ3n) is 3.74.